The molecule has 9 nitrogen and oxygen atoms in total. The highest BCUT2D eigenvalue weighted by atomic mass is 32.2. The van der Waals surface area contributed by atoms with Crippen molar-refractivity contribution in [2.45, 2.75) is 25.9 Å². The molecule has 0 heterocycles. The molecule has 0 spiro atoms. The smallest absolute Gasteiger partial charge is 0.441 e. The van der Waals surface area contributed by atoms with Crippen LogP contribution in [0.15, 0.2) is 42.3 Å². The van der Waals surface area contributed by atoms with Crippen LogP contribution in [0.3, 0.4) is 0 Å². The summed E-state index contributed by atoms with van der Waals surface area (Å²) >= 11 is 0. The van der Waals surface area contributed by atoms with Crippen LogP contribution in [0.2, 0.25) is 0 Å². The summed E-state index contributed by atoms with van der Waals surface area (Å²) in [6.07, 6.45) is -2.44. The summed E-state index contributed by atoms with van der Waals surface area (Å²) in [6.45, 7) is 4.58. The number of rotatable bonds is 11. The number of hydrogen-bond donors (Lipinski definition) is 0. The number of benzene rings is 1. The summed E-state index contributed by atoms with van der Waals surface area (Å²) in [7, 11) is -4.17. The van der Waals surface area contributed by atoms with E-state index in [4.69, 9.17) is 9.71 Å². The lowest BCUT2D eigenvalue weighted by Crippen LogP contribution is -2.28. The second kappa shape index (κ2) is 10.3. The maximum absolute atomic E-state index is 12.5. The van der Waals surface area contributed by atoms with Gasteiger partial charge < -0.3 is 10.3 Å². The highest BCUT2D eigenvalue weighted by Crippen LogP contribution is 2.23. The van der Waals surface area contributed by atoms with Crippen LogP contribution in [-0.2, 0) is 33.4 Å². The molecule has 0 saturated carbocycles. The first-order valence-electron chi connectivity index (χ1n) is 7.81. The molecule has 0 bridgehead atoms. The monoisotopic (exact) mass is 394 g/mol. The SMILES string of the molecule is C=CS(=O)(=O)O[C@H](C(=O)CCC(=O)C(=[N+]=[N-])C(=O)OCC)c1ccccc1. The van der Waals surface area contributed by atoms with Crippen LogP contribution in [0, 0.1) is 0 Å². The minimum atomic E-state index is -4.17. The standard InChI is InChI=1S/C17H18N2O7S/c1-3-25-17(22)15(19-18)13(20)10-11-14(21)16(26-27(23,24)4-2)12-8-6-5-7-9-12/h4-9,16H,2-3,10-11H2,1H3/t16-/m0/s1. The minimum absolute atomic E-state index is 0.0343. The molecule has 27 heavy (non-hydrogen) atoms. The molecule has 1 rings (SSSR count). The first-order chi connectivity index (χ1) is 12.8. The fraction of sp³-hybridized carbons (Fsp3) is 0.294. The zero-order chi connectivity index (χ0) is 20.4. The van der Waals surface area contributed by atoms with Crippen molar-refractivity contribution in [3.05, 3.63) is 53.4 Å². The van der Waals surface area contributed by atoms with Gasteiger partial charge in [-0.05, 0) is 12.5 Å². The van der Waals surface area contributed by atoms with Crippen LogP contribution in [0.1, 0.15) is 31.4 Å². The maximum Gasteiger partial charge on any atom is 0.441 e. The van der Waals surface area contributed by atoms with Gasteiger partial charge in [0.15, 0.2) is 11.9 Å². The second-order valence-corrected chi connectivity index (χ2v) is 6.62. The third kappa shape index (κ3) is 6.70. The van der Waals surface area contributed by atoms with Gasteiger partial charge in [-0.15, -0.1) is 0 Å². The number of carbonyl (C=O) groups is 3. The predicted molar refractivity (Wildman–Crippen MR) is 93.9 cm³/mol. The summed E-state index contributed by atoms with van der Waals surface area (Å²) in [4.78, 5) is 38.5. The Morgan fingerprint density at radius 1 is 1.22 bits per heavy atom. The van der Waals surface area contributed by atoms with Gasteiger partial charge in [0.1, 0.15) is 0 Å². The molecule has 1 atom stereocenters. The van der Waals surface area contributed by atoms with Crippen molar-refractivity contribution in [2.75, 3.05) is 6.61 Å². The molecule has 0 N–H and O–H groups in total. The van der Waals surface area contributed by atoms with E-state index in [1.165, 1.54) is 19.1 Å². The molecule has 0 radical (unpaired) electrons. The lowest BCUT2D eigenvalue weighted by atomic mass is 10.0. The molecular formula is C17H18N2O7S. The predicted octanol–water partition coefficient (Wildman–Crippen LogP) is 1.37. The van der Waals surface area contributed by atoms with Crippen LogP contribution >= 0.6 is 0 Å². The molecule has 0 aromatic heterocycles. The normalized spacial score (nSPS) is 11.7. The van der Waals surface area contributed by atoms with E-state index in [0.717, 1.165) is 0 Å². The van der Waals surface area contributed by atoms with Crippen LogP contribution in [0.25, 0.3) is 5.53 Å². The number of esters is 1. The Kier molecular flexibility index (Phi) is 8.40. The summed E-state index contributed by atoms with van der Waals surface area (Å²) in [6, 6.07) is 7.81. The lowest BCUT2D eigenvalue weighted by Gasteiger charge is -2.15. The van der Waals surface area contributed by atoms with Crippen molar-refractivity contribution in [2.24, 2.45) is 0 Å². The molecule has 0 amide bonds. The number of hydrogen-bond acceptors (Lipinski definition) is 7. The van der Waals surface area contributed by atoms with Gasteiger partial charge in [0, 0.05) is 12.8 Å². The minimum Gasteiger partial charge on any atom is -0.457 e. The van der Waals surface area contributed by atoms with Crippen molar-refractivity contribution in [3.8, 4) is 0 Å². The largest absolute Gasteiger partial charge is 0.457 e. The van der Waals surface area contributed by atoms with Crippen molar-refractivity contribution in [1.82, 2.24) is 0 Å². The maximum atomic E-state index is 12.5. The van der Waals surface area contributed by atoms with Gasteiger partial charge in [-0.1, -0.05) is 36.9 Å². The molecule has 1 aromatic rings. The molecule has 0 aliphatic rings. The fourth-order valence-corrected chi connectivity index (χ4v) is 2.56. The van der Waals surface area contributed by atoms with Crippen LogP contribution in [0.4, 0.5) is 0 Å². The van der Waals surface area contributed by atoms with Gasteiger partial charge in [0.2, 0.25) is 0 Å². The average Bonchev–Trinajstić information content (AvgIpc) is 2.65. The molecule has 144 valence electrons. The number of nitrogens with zero attached hydrogens (tertiary/aromatic N) is 2. The quantitative estimate of drug-likeness (QED) is 0.138. The third-order valence-electron chi connectivity index (χ3n) is 3.26. The van der Waals surface area contributed by atoms with Crippen LogP contribution in [-0.4, -0.2) is 43.1 Å². The van der Waals surface area contributed by atoms with Crippen molar-refractivity contribution in [3.63, 3.8) is 0 Å². The molecule has 0 unspecified atom stereocenters. The van der Waals surface area contributed by atoms with E-state index in [0.29, 0.717) is 5.41 Å². The number of Topliss-reactive ketones (excluding diaryl/α,β-unsaturated/α-hetero) is 2. The average molecular weight is 394 g/mol. The summed E-state index contributed by atoms with van der Waals surface area (Å²) < 4.78 is 32.8. The number of ketones is 2. The van der Waals surface area contributed by atoms with E-state index in [2.05, 4.69) is 16.1 Å². The Morgan fingerprint density at radius 3 is 2.37 bits per heavy atom. The Hall–Kier alpha value is -2.94. The molecule has 0 aliphatic carbocycles. The molecule has 0 fully saturated rings. The van der Waals surface area contributed by atoms with Gasteiger partial charge in [0.05, 0.1) is 12.0 Å². The zero-order valence-electron chi connectivity index (χ0n) is 14.5. The highest BCUT2D eigenvalue weighted by molar-refractivity contribution is 7.89. The van der Waals surface area contributed by atoms with Gasteiger partial charge in [-0.2, -0.15) is 13.2 Å². The molecular weight excluding hydrogens is 376 g/mol. The highest BCUT2D eigenvalue weighted by Gasteiger charge is 2.33. The second-order valence-electron chi connectivity index (χ2n) is 5.10. The first-order valence-corrected chi connectivity index (χ1v) is 9.28. The van der Waals surface area contributed by atoms with Crippen molar-refractivity contribution >= 4 is 33.4 Å². The Bertz CT molecular complexity index is 872. The van der Waals surface area contributed by atoms with Crippen LogP contribution in [0.5, 0.6) is 0 Å². The van der Waals surface area contributed by atoms with Gasteiger partial charge in [0.25, 0.3) is 15.9 Å². The van der Waals surface area contributed by atoms with Crippen molar-refractivity contribution < 1.29 is 36.5 Å². The summed E-state index contributed by atoms with van der Waals surface area (Å²) in [5.74, 6) is -2.77. The van der Waals surface area contributed by atoms with Gasteiger partial charge in [-0.25, -0.2) is 4.79 Å². The van der Waals surface area contributed by atoms with E-state index >= 15 is 0 Å². The molecule has 1 aromatic carbocycles. The van der Waals surface area contributed by atoms with E-state index in [1.807, 2.05) is 0 Å². The Labute approximate surface area is 156 Å². The van der Waals surface area contributed by atoms with E-state index in [1.54, 1.807) is 18.2 Å². The molecule has 10 heteroatoms. The molecule has 0 saturated heterocycles. The zero-order valence-corrected chi connectivity index (χ0v) is 15.3. The Morgan fingerprint density at radius 2 is 1.85 bits per heavy atom. The molecule has 0 aliphatic heterocycles. The summed E-state index contributed by atoms with van der Waals surface area (Å²) in [5, 5.41) is 0.554. The van der Waals surface area contributed by atoms with E-state index in [9.17, 15) is 22.8 Å². The lowest BCUT2D eigenvalue weighted by molar-refractivity contribution is -0.142. The topological polar surface area (TPSA) is 140 Å². The first kappa shape index (κ1) is 22.1. The van der Waals surface area contributed by atoms with E-state index in [-0.39, 0.29) is 12.2 Å². The van der Waals surface area contributed by atoms with Gasteiger partial charge >= 0.3 is 11.7 Å². The number of carbonyl (C=O) groups excluding carboxylic acids is 3. The Balaban J connectivity index is 2.94. The van der Waals surface area contributed by atoms with Crippen molar-refractivity contribution in [1.29, 1.82) is 0 Å². The fourth-order valence-electron chi connectivity index (χ4n) is 1.99. The number of ether oxygens (including phenoxy) is 1. The van der Waals surface area contributed by atoms with Crippen LogP contribution < -0.4 is 0 Å². The third-order valence-corrected chi connectivity index (χ3v) is 4.13. The van der Waals surface area contributed by atoms with E-state index < -0.39 is 52.3 Å². The van der Waals surface area contributed by atoms with Gasteiger partial charge in [-0.3, -0.25) is 13.8 Å². The summed E-state index contributed by atoms with van der Waals surface area (Å²) in [5.41, 5.74) is 8.22.